The first-order chi connectivity index (χ1) is 9.31. The summed E-state index contributed by atoms with van der Waals surface area (Å²) < 4.78 is 7.28. The number of hydrogen-bond acceptors (Lipinski definition) is 3. The van der Waals surface area contributed by atoms with Crippen LogP contribution in [0.15, 0.2) is 41.1 Å². The molecule has 0 amide bonds. The van der Waals surface area contributed by atoms with E-state index >= 15 is 0 Å². The third kappa shape index (κ3) is 2.12. The van der Waals surface area contributed by atoms with E-state index in [1.165, 1.54) is 0 Å². The maximum absolute atomic E-state index is 12.2. The molecule has 0 bridgehead atoms. The van der Waals surface area contributed by atoms with Crippen molar-refractivity contribution < 1.29 is 9.21 Å². The van der Waals surface area contributed by atoms with Gasteiger partial charge >= 0.3 is 0 Å². The summed E-state index contributed by atoms with van der Waals surface area (Å²) in [5.74, 6) is 1.10. The number of fused-ring (bicyclic) bond motifs is 1. The van der Waals surface area contributed by atoms with Gasteiger partial charge in [-0.05, 0) is 37.2 Å². The van der Waals surface area contributed by atoms with Crippen molar-refractivity contribution in [2.24, 2.45) is 0 Å². The van der Waals surface area contributed by atoms with Crippen LogP contribution in [0.5, 0.6) is 0 Å². The van der Waals surface area contributed by atoms with E-state index in [-0.39, 0.29) is 17.9 Å². The van der Waals surface area contributed by atoms with Crippen LogP contribution in [0.4, 0.5) is 0 Å². The molecule has 3 heterocycles. The third-order valence-corrected chi connectivity index (χ3v) is 3.69. The van der Waals surface area contributed by atoms with E-state index in [0.717, 1.165) is 24.4 Å². The lowest BCUT2D eigenvalue weighted by Gasteiger charge is -2.31. The Labute approximate surface area is 112 Å². The van der Waals surface area contributed by atoms with Gasteiger partial charge in [0.15, 0.2) is 0 Å². The van der Waals surface area contributed by atoms with E-state index in [0.29, 0.717) is 6.42 Å². The summed E-state index contributed by atoms with van der Waals surface area (Å²) >= 11 is 0. The standard InChI is InChI=1S/C15H18N2O2/c1-2-7-16-15-11(13-6-4-9-19-13)10-14(18)17-8-3-5-12(15)17/h3-6,8-9,11,15-16H,2,7,10H2,1H3/t11-,15-/m0/s1. The molecule has 2 aromatic rings. The molecule has 1 N–H and O–H groups in total. The molecule has 19 heavy (non-hydrogen) atoms. The highest BCUT2D eigenvalue weighted by atomic mass is 16.3. The lowest BCUT2D eigenvalue weighted by atomic mass is 9.88. The topological polar surface area (TPSA) is 47.2 Å². The van der Waals surface area contributed by atoms with Crippen LogP contribution in [0.1, 0.15) is 48.0 Å². The number of carbonyl (C=O) groups excluding carboxylic acids is 1. The van der Waals surface area contributed by atoms with Crippen molar-refractivity contribution in [2.45, 2.75) is 31.7 Å². The molecule has 0 spiro atoms. The zero-order valence-corrected chi connectivity index (χ0v) is 11.0. The summed E-state index contributed by atoms with van der Waals surface area (Å²) in [6, 6.07) is 7.92. The van der Waals surface area contributed by atoms with E-state index < -0.39 is 0 Å². The van der Waals surface area contributed by atoms with Crippen molar-refractivity contribution in [1.82, 2.24) is 9.88 Å². The van der Waals surface area contributed by atoms with Gasteiger partial charge in [-0.3, -0.25) is 9.36 Å². The Balaban J connectivity index is 1.97. The number of nitrogens with zero attached hydrogens (tertiary/aromatic N) is 1. The fourth-order valence-electron chi connectivity index (χ4n) is 2.80. The van der Waals surface area contributed by atoms with Gasteiger partial charge in [0, 0.05) is 24.2 Å². The van der Waals surface area contributed by atoms with Gasteiger partial charge in [0.1, 0.15) is 5.76 Å². The minimum Gasteiger partial charge on any atom is -0.469 e. The van der Waals surface area contributed by atoms with Crippen molar-refractivity contribution in [3.05, 3.63) is 48.2 Å². The average molecular weight is 258 g/mol. The lowest BCUT2D eigenvalue weighted by molar-refractivity contribution is 0.0848. The van der Waals surface area contributed by atoms with E-state index in [1.807, 2.05) is 30.5 Å². The van der Waals surface area contributed by atoms with Crippen molar-refractivity contribution in [1.29, 1.82) is 0 Å². The van der Waals surface area contributed by atoms with Crippen molar-refractivity contribution >= 4 is 5.91 Å². The predicted molar refractivity (Wildman–Crippen MR) is 72.2 cm³/mol. The monoisotopic (exact) mass is 258 g/mol. The second kappa shape index (κ2) is 5.05. The van der Waals surface area contributed by atoms with E-state index in [9.17, 15) is 4.79 Å². The van der Waals surface area contributed by atoms with Gasteiger partial charge in [-0.2, -0.15) is 0 Å². The first-order valence-electron chi connectivity index (χ1n) is 6.78. The molecule has 0 aliphatic carbocycles. The van der Waals surface area contributed by atoms with Crippen LogP contribution in [0, 0.1) is 0 Å². The van der Waals surface area contributed by atoms with Crippen LogP contribution < -0.4 is 5.32 Å². The molecular weight excluding hydrogens is 240 g/mol. The Hall–Kier alpha value is -1.81. The molecule has 3 rings (SSSR count). The normalized spacial score (nSPS) is 22.5. The maximum Gasteiger partial charge on any atom is 0.231 e. The number of carbonyl (C=O) groups is 1. The fraction of sp³-hybridized carbons (Fsp3) is 0.400. The number of rotatable bonds is 4. The van der Waals surface area contributed by atoms with Crippen LogP contribution >= 0.6 is 0 Å². The third-order valence-electron chi connectivity index (χ3n) is 3.69. The molecule has 2 atom stereocenters. The number of nitrogens with one attached hydrogen (secondary N) is 1. The van der Waals surface area contributed by atoms with Crippen LogP contribution in [-0.2, 0) is 0 Å². The highest BCUT2D eigenvalue weighted by Crippen LogP contribution is 2.38. The molecule has 100 valence electrons. The summed E-state index contributed by atoms with van der Waals surface area (Å²) in [7, 11) is 0. The maximum atomic E-state index is 12.2. The van der Waals surface area contributed by atoms with Gasteiger partial charge in [-0.15, -0.1) is 0 Å². The minimum absolute atomic E-state index is 0.0800. The van der Waals surface area contributed by atoms with Gasteiger partial charge < -0.3 is 9.73 Å². The van der Waals surface area contributed by atoms with Gasteiger partial charge in [-0.25, -0.2) is 0 Å². The van der Waals surface area contributed by atoms with Crippen LogP contribution in [0.2, 0.25) is 0 Å². The molecular formula is C15H18N2O2. The molecule has 0 saturated carbocycles. The van der Waals surface area contributed by atoms with E-state index in [2.05, 4.69) is 12.2 Å². The Bertz CT molecular complexity index is 556. The van der Waals surface area contributed by atoms with E-state index in [1.54, 1.807) is 10.8 Å². The first kappa shape index (κ1) is 12.2. The second-order valence-corrected chi connectivity index (χ2v) is 4.95. The summed E-state index contributed by atoms with van der Waals surface area (Å²) in [4.78, 5) is 12.2. The first-order valence-corrected chi connectivity index (χ1v) is 6.78. The van der Waals surface area contributed by atoms with Crippen molar-refractivity contribution in [3.63, 3.8) is 0 Å². The van der Waals surface area contributed by atoms with Crippen molar-refractivity contribution in [3.8, 4) is 0 Å². The molecule has 2 aromatic heterocycles. The van der Waals surface area contributed by atoms with Crippen LogP contribution in [-0.4, -0.2) is 17.0 Å². The van der Waals surface area contributed by atoms with E-state index in [4.69, 9.17) is 4.42 Å². The van der Waals surface area contributed by atoms with Gasteiger partial charge in [0.05, 0.1) is 12.3 Å². The molecule has 1 aliphatic heterocycles. The number of hydrogen-bond donors (Lipinski definition) is 1. The van der Waals surface area contributed by atoms with Gasteiger partial charge in [-0.1, -0.05) is 6.92 Å². The highest BCUT2D eigenvalue weighted by molar-refractivity contribution is 5.82. The molecule has 4 nitrogen and oxygen atoms in total. The zero-order valence-electron chi connectivity index (χ0n) is 11.0. The molecule has 0 fully saturated rings. The summed E-state index contributed by atoms with van der Waals surface area (Å²) in [5.41, 5.74) is 1.03. The Morgan fingerprint density at radius 3 is 3.05 bits per heavy atom. The molecule has 1 aliphatic rings. The van der Waals surface area contributed by atoms with Gasteiger partial charge in [0.2, 0.25) is 5.91 Å². The Kier molecular flexibility index (Phi) is 3.25. The molecule has 0 radical (unpaired) electrons. The predicted octanol–water partition coefficient (Wildman–Crippen LogP) is 2.95. The van der Waals surface area contributed by atoms with Crippen LogP contribution in [0.25, 0.3) is 0 Å². The SMILES string of the molecule is CCCN[C@@H]1c2cccn2C(=O)C[C@H]1c1ccco1. The number of furan rings is 1. The molecule has 0 saturated heterocycles. The second-order valence-electron chi connectivity index (χ2n) is 4.95. The summed E-state index contributed by atoms with van der Waals surface area (Å²) in [5, 5.41) is 3.54. The molecule has 4 heteroatoms. The minimum atomic E-state index is 0.0800. The summed E-state index contributed by atoms with van der Waals surface area (Å²) in [6.45, 7) is 3.07. The van der Waals surface area contributed by atoms with Gasteiger partial charge in [0.25, 0.3) is 0 Å². The largest absolute Gasteiger partial charge is 0.469 e. The zero-order chi connectivity index (χ0) is 13.2. The summed E-state index contributed by atoms with van der Waals surface area (Å²) in [6.07, 6.45) is 5.06. The number of aromatic nitrogens is 1. The Morgan fingerprint density at radius 2 is 2.32 bits per heavy atom. The van der Waals surface area contributed by atoms with Crippen LogP contribution in [0.3, 0.4) is 0 Å². The Morgan fingerprint density at radius 1 is 1.42 bits per heavy atom. The highest BCUT2D eigenvalue weighted by Gasteiger charge is 2.35. The molecule has 0 aromatic carbocycles. The molecule has 0 unspecified atom stereocenters. The average Bonchev–Trinajstić information content (AvgIpc) is 3.08. The quantitative estimate of drug-likeness (QED) is 0.917. The van der Waals surface area contributed by atoms with Crippen molar-refractivity contribution in [2.75, 3.05) is 6.54 Å². The lowest BCUT2D eigenvalue weighted by Crippen LogP contribution is -2.36. The smallest absolute Gasteiger partial charge is 0.231 e. The fourth-order valence-corrected chi connectivity index (χ4v) is 2.80.